The van der Waals surface area contributed by atoms with Crippen LogP contribution in [0.3, 0.4) is 0 Å². The van der Waals surface area contributed by atoms with Crippen LogP contribution in [0.25, 0.3) is 0 Å². The minimum atomic E-state index is -0.338. The lowest BCUT2D eigenvalue weighted by Gasteiger charge is -2.17. The molecule has 1 atom stereocenters. The van der Waals surface area contributed by atoms with Crippen molar-refractivity contribution in [1.29, 1.82) is 0 Å². The van der Waals surface area contributed by atoms with Gasteiger partial charge in [-0.05, 0) is 30.7 Å². The molecule has 0 spiro atoms. The van der Waals surface area contributed by atoms with Crippen LogP contribution in [-0.2, 0) is 6.42 Å². The highest BCUT2D eigenvalue weighted by Gasteiger charge is 2.18. The van der Waals surface area contributed by atoms with E-state index in [0.29, 0.717) is 29.3 Å². The van der Waals surface area contributed by atoms with Crippen LogP contribution in [0.4, 0.5) is 4.39 Å². The first-order valence-corrected chi connectivity index (χ1v) is 6.40. The molecule has 1 unspecified atom stereocenters. The van der Waals surface area contributed by atoms with Gasteiger partial charge < -0.3 is 14.8 Å². The number of halogens is 2. The van der Waals surface area contributed by atoms with Gasteiger partial charge in [0, 0.05) is 17.1 Å². The molecule has 0 saturated carbocycles. The van der Waals surface area contributed by atoms with Crippen molar-refractivity contribution in [2.75, 3.05) is 13.2 Å². The summed E-state index contributed by atoms with van der Waals surface area (Å²) in [7, 11) is 0. The van der Waals surface area contributed by atoms with E-state index in [1.165, 1.54) is 6.07 Å². The minimum absolute atomic E-state index is 0.00219. The molecule has 1 heterocycles. The summed E-state index contributed by atoms with van der Waals surface area (Å²) in [5.41, 5.74) is 0.441. The van der Waals surface area contributed by atoms with Crippen molar-refractivity contribution in [2.45, 2.75) is 12.5 Å². The molecule has 19 heavy (non-hydrogen) atoms. The summed E-state index contributed by atoms with van der Waals surface area (Å²) in [5.74, 6) is 0.350. The molecule has 3 nitrogen and oxygen atoms in total. The van der Waals surface area contributed by atoms with Crippen molar-refractivity contribution in [3.63, 3.8) is 0 Å². The Morgan fingerprint density at radius 3 is 2.79 bits per heavy atom. The number of hydrogen-bond acceptors (Lipinski definition) is 3. The number of hydrogen-bond donors (Lipinski definition) is 2. The van der Waals surface area contributed by atoms with Gasteiger partial charge in [-0.25, -0.2) is 4.39 Å². The normalized spacial score (nSPS) is 12.6. The third-order valence-electron chi connectivity index (χ3n) is 2.86. The second-order valence-electron chi connectivity index (χ2n) is 4.15. The molecule has 102 valence electrons. The first-order valence-electron chi connectivity index (χ1n) is 6.03. The van der Waals surface area contributed by atoms with Crippen LogP contribution in [0, 0.1) is 5.82 Å². The van der Waals surface area contributed by atoms with Crippen molar-refractivity contribution in [2.24, 2.45) is 0 Å². The maximum absolute atomic E-state index is 13.8. The molecule has 2 rings (SSSR count). The molecule has 2 aromatic rings. The van der Waals surface area contributed by atoms with Crippen molar-refractivity contribution in [3.8, 4) is 0 Å². The van der Waals surface area contributed by atoms with E-state index in [1.54, 1.807) is 24.5 Å². The van der Waals surface area contributed by atoms with Gasteiger partial charge in [0.15, 0.2) is 0 Å². The second-order valence-corrected chi connectivity index (χ2v) is 4.56. The summed E-state index contributed by atoms with van der Waals surface area (Å²) in [4.78, 5) is 0. The molecule has 0 bridgehead atoms. The average molecular weight is 284 g/mol. The van der Waals surface area contributed by atoms with Crippen molar-refractivity contribution < 1.29 is 13.9 Å². The zero-order valence-electron chi connectivity index (χ0n) is 10.3. The summed E-state index contributed by atoms with van der Waals surface area (Å²) < 4.78 is 19.1. The van der Waals surface area contributed by atoms with Crippen molar-refractivity contribution in [1.82, 2.24) is 5.32 Å². The number of nitrogens with one attached hydrogen (secondary N) is 1. The Morgan fingerprint density at radius 2 is 2.16 bits per heavy atom. The fourth-order valence-electron chi connectivity index (χ4n) is 1.93. The molecule has 0 amide bonds. The Kier molecular flexibility index (Phi) is 4.96. The van der Waals surface area contributed by atoms with E-state index in [-0.39, 0.29) is 18.5 Å². The molecular weight excluding hydrogens is 269 g/mol. The lowest BCUT2D eigenvalue weighted by atomic mass is 10.0. The predicted octanol–water partition coefficient (Wildman–Crippen LogP) is 2.94. The molecule has 1 aromatic heterocycles. The Labute approximate surface area is 116 Å². The molecule has 0 aliphatic carbocycles. The Hall–Kier alpha value is -1.36. The SMILES string of the molecule is OCCNC(Cc1c(F)cccc1Cl)c1ccco1. The van der Waals surface area contributed by atoms with E-state index in [2.05, 4.69) is 5.32 Å². The number of aliphatic hydroxyl groups is 1. The fraction of sp³-hybridized carbons (Fsp3) is 0.286. The van der Waals surface area contributed by atoms with E-state index in [1.807, 2.05) is 6.07 Å². The van der Waals surface area contributed by atoms with Crippen LogP contribution in [0.2, 0.25) is 5.02 Å². The molecule has 0 fully saturated rings. The van der Waals surface area contributed by atoms with Gasteiger partial charge >= 0.3 is 0 Å². The molecule has 0 aliphatic heterocycles. The average Bonchev–Trinajstić information content (AvgIpc) is 2.91. The predicted molar refractivity (Wildman–Crippen MR) is 71.7 cm³/mol. The third kappa shape index (κ3) is 3.56. The number of benzene rings is 1. The monoisotopic (exact) mass is 283 g/mol. The number of furan rings is 1. The standard InChI is InChI=1S/C14H15ClFNO2/c15-11-3-1-4-12(16)10(11)9-13(17-6-7-18)14-5-2-8-19-14/h1-5,8,13,17-18H,6-7,9H2. The van der Waals surface area contributed by atoms with Crippen LogP contribution in [0.1, 0.15) is 17.4 Å². The van der Waals surface area contributed by atoms with E-state index < -0.39 is 0 Å². The van der Waals surface area contributed by atoms with Crippen LogP contribution >= 0.6 is 11.6 Å². The van der Waals surface area contributed by atoms with E-state index in [4.69, 9.17) is 21.1 Å². The molecular formula is C14H15ClFNO2. The topological polar surface area (TPSA) is 45.4 Å². The fourth-order valence-corrected chi connectivity index (χ4v) is 2.17. The quantitative estimate of drug-likeness (QED) is 0.857. The van der Waals surface area contributed by atoms with Crippen LogP contribution < -0.4 is 5.32 Å². The van der Waals surface area contributed by atoms with Crippen molar-refractivity contribution in [3.05, 3.63) is 58.8 Å². The van der Waals surface area contributed by atoms with Gasteiger partial charge in [0.05, 0.1) is 18.9 Å². The first-order chi connectivity index (χ1) is 9.22. The smallest absolute Gasteiger partial charge is 0.127 e. The highest BCUT2D eigenvalue weighted by atomic mass is 35.5. The zero-order chi connectivity index (χ0) is 13.7. The maximum Gasteiger partial charge on any atom is 0.127 e. The molecule has 0 radical (unpaired) electrons. The molecule has 0 saturated heterocycles. The second kappa shape index (κ2) is 6.70. The van der Waals surface area contributed by atoms with Crippen LogP contribution in [0.15, 0.2) is 41.0 Å². The lowest BCUT2D eigenvalue weighted by molar-refractivity contribution is 0.278. The van der Waals surface area contributed by atoms with Gasteiger partial charge in [0.2, 0.25) is 0 Å². The molecule has 1 aromatic carbocycles. The van der Waals surface area contributed by atoms with Gasteiger partial charge in [-0.3, -0.25) is 0 Å². The molecule has 2 N–H and O–H groups in total. The minimum Gasteiger partial charge on any atom is -0.468 e. The zero-order valence-corrected chi connectivity index (χ0v) is 11.0. The largest absolute Gasteiger partial charge is 0.468 e. The van der Waals surface area contributed by atoms with Crippen molar-refractivity contribution >= 4 is 11.6 Å². The first kappa shape index (κ1) is 14.1. The summed E-state index contributed by atoms with van der Waals surface area (Å²) in [6, 6.07) is 7.97. The van der Waals surface area contributed by atoms with Gasteiger partial charge in [0.1, 0.15) is 11.6 Å². The third-order valence-corrected chi connectivity index (χ3v) is 3.21. The molecule has 0 aliphatic rings. The summed E-state index contributed by atoms with van der Waals surface area (Å²) in [6.45, 7) is 0.402. The van der Waals surface area contributed by atoms with E-state index >= 15 is 0 Å². The number of aliphatic hydroxyl groups excluding tert-OH is 1. The van der Waals surface area contributed by atoms with E-state index in [0.717, 1.165) is 0 Å². The maximum atomic E-state index is 13.8. The van der Waals surface area contributed by atoms with Gasteiger partial charge in [-0.2, -0.15) is 0 Å². The van der Waals surface area contributed by atoms with Crippen LogP contribution in [-0.4, -0.2) is 18.3 Å². The van der Waals surface area contributed by atoms with Gasteiger partial charge in [0.25, 0.3) is 0 Å². The Morgan fingerprint density at radius 1 is 1.32 bits per heavy atom. The highest BCUT2D eigenvalue weighted by Crippen LogP contribution is 2.26. The Bertz CT molecular complexity index is 496. The van der Waals surface area contributed by atoms with E-state index in [9.17, 15) is 4.39 Å². The lowest BCUT2D eigenvalue weighted by Crippen LogP contribution is -2.26. The van der Waals surface area contributed by atoms with Gasteiger partial charge in [-0.15, -0.1) is 0 Å². The number of rotatable bonds is 6. The summed E-state index contributed by atoms with van der Waals surface area (Å²) in [5, 5.41) is 12.4. The van der Waals surface area contributed by atoms with Gasteiger partial charge in [-0.1, -0.05) is 17.7 Å². The summed E-state index contributed by atoms with van der Waals surface area (Å²) >= 11 is 6.02. The molecule has 5 heteroatoms. The highest BCUT2D eigenvalue weighted by molar-refractivity contribution is 6.31. The Balaban J connectivity index is 2.20. The summed E-state index contributed by atoms with van der Waals surface area (Å²) in [6.07, 6.45) is 1.92. The van der Waals surface area contributed by atoms with Crippen LogP contribution in [0.5, 0.6) is 0 Å².